The van der Waals surface area contributed by atoms with Gasteiger partial charge < -0.3 is 20.5 Å². The van der Waals surface area contributed by atoms with Crippen molar-refractivity contribution in [2.75, 3.05) is 26.4 Å². The van der Waals surface area contributed by atoms with Crippen molar-refractivity contribution in [2.24, 2.45) is 10.7 Å². The summed E-state index contributed by atoms with van der Waals surface area (Å²) in [5.74, 6) is 0.567. The van der Waals surface area contributed by atoms with Gasteiger partial charge in [-0.25, -0.2) is 0 Å². The average molecular weight is 411 g/mol. The number of nitrogens with zero attached hydrogens (tertiary/aromatic N) is 1. The highest BCUT2D eigenvalue weighted by Gasteiger charge is 2.15. The first kappa shape index (κ1) is 19.0. The van der Waals surface area contributed by atoms with Crippen molar-refractivity contribution in [3.05, 3.63) is 0 Å². The number of nitrogens with one attached hydrogen (secondary N) is 1. The van der Waals surface area contributed by atoms with E-state index in [4.69, 9.17) is 15.2 Å². The summed E-state index contributed by atoms with van der Waals surface area (Å²) in [5.41, 5.74) is 5.92. The topological polar surface area (TPSA) is 68.9 Å². The van der Waals surface area contributed by atoms with E-state index < -0.39 is 0 Å². The standard InChI is InChI=1S/C15H29N3O2.HI/c16-15(18-13-6-3-1-2-4-7-13)17-9-11-19-12-14-8-5-10-20-14;/h13-14H,1-12H2,(H3,16,17,18);1H. The summed E-state index contributed by atoms with van der Waals surface area (Å²) in [6, 6.07) is 0.508. The van der Waals surface area contributed by atoms with Gasteiger partial charge in [0.25, 0.3) is 0 Å². The minimum absolute atomic E-state index is 0. The van der Waals surface area contributed by atoms with Crippen molar-refractivity contribution in [1.82, 2.24) is 5.32 Å². The van der Waals surface area contributed by atoms with Crippen LogP contribution in [0.4, 0.5) is 0 Å². The molecule has 1 saturated carbocycles. The van der Waals surface area contributed by atoms with E-state index in [1.807, 2.05) is 0 Å². The molecule has 0 radical (unpaired) electrons. The summed E-state index contributed by atoms with van der Waals surface area (Å²) >= 11 is 0. The van der Waals surface area contributed by atoms with Crippen LogP contribution in [0.1, 0.15) is 51.4 Å². The molecule has 0 aromatic heterocycles. The van der Waals surface area contributed by atoms with Crippen LogP contribution in [-0.4, -0.2) is 44.5 Å². The highest BCUT2D eigenvalue weighted by atomic mass is 127. The van der Waals surface area contributed by atoms with Crippen molar-refractivity contribution in [3.63, 3.8) is 0 Å². The molecule has 21 heavy (non-hydrogen) atoms. The number of ether oxygens (including phenoxy) is 2. The number of rotatable bonds is 6. The molecular formula is C15H30IN3O2. The number of halogens is 1. The Morgan fingerprint density at radius 1 is 1.14 bits per heavy atom. The highest BCUT2D eigenvalue weighted by molar-refractivity contribution is 14.0. The minimum Gasteiger partial charge on any atom is -0.377 e. The van der Waals surface area contributed by atoms with Crippen LogP contribution in [0.3, 0.4) is 0 Å². The molecule has 6 heteroatoms. The molecule has 2 aliphatic rings. The van der Waals surface area contributed by atoms with E-state index in [2.05, 4.69) is 10.3 Å². The zero-order valence-corrected chi connectivity index (χ0v) is 15.2. The van der Waals surface area contributed by atoms with Gasteiger partial charge in [0.2, 0.25) is 0 Å². The molecule has 3 N–H and O–H groups in total. The number of hydrogen-bond acceptors (Lipinski definition) is 3. The number of hydrogen-bond donors (Lipinski definition) is 2. The first-order valence-electron chi connectivity index (χ1n) is 8.10. The molecule has 124 valence electrons. The van der Waals surface area contributed by atoms with E-state index in [9.17, 15) is 0 Å². The van der Waals surface area contributed by atoms with Gasteiger partial charge in [0.05, 0.1) is 25.9 Å². The third-order valence-corrected chi connectivity index (χ3v) is 4.05. The van der Waals surface area contributed by atoms with Crippen molar-refractivity contribution in [2.45, 2.75) is 63.5 Å². The average Bonchev–Trinajstić information content (AvgIpc) is 2.83. The van der Waals surface area contributed by atoms with Crippen LogP contribution in [0, 0.1) is 0 Å². The van der Waals surface area contributed by atoms with Crippen molar-refractivity contribution < 1.29 is 9.47 Å². The van der Waals surface area contributed by atoms with E-state index in [1.54, 1.807) is 0 Å². The van der Waals surface area contributed by atoms with Gasteiger partial charge in [0.1, 0.15) is 0 Å². The van der Waals surface area contributed by atoms with E-state index in [-0.39, 0.29) is 24.0 Å². The first-order valence-corrected chi connectivity index (χ1v) is 8.10. The van der Waals surface area contributed by atoms with Crippen LogP contribution in [0.15, 0.2) is 4.99 Å². The van der Waals surface area contributed by atoms with Crippen LogP contribution >= 0.6 is 24.0 Å². The smallest absolute Gasteiger partial charge is 0.188 e. The van der Waals surface area contributed by atoms with Crippen molar-refractivity contribution >= 4 is 29.9 Å². The molecule has 1 aliphatic carbocycles. The lowest BCUT2D eigenvalue weighted by molar-refractivity contribution is 0.0200. The Labute approximate surface area is 145 Å². The van der Waals surface area contributed by atoms with Gasteiger partial charge in [-0.1, -0.05) is 25.7 Å². The van der Waals surface area contributed by atoms with E-state index >= 15 is 0 Å². The summed E-state index contributed by atoms with van der Waals surface area (Å²) in [6.07, 6.45) is 10.3. The highest BCUT2D eigenvalue weighted by Crippen LogP contribution is 2.16. The molecule has 1 saturated heterocycles. The Morgan fingerprint density at radius 3 is 2.57 bits per heavy atom. The quantitative estimate of drug-likeness (QED) is 0.232. The lowest BCUT2D eigenvalue weighted by Crippen LogP contribution is -2.40. The van der Waals surface area contributed by atoms with Gasteiger partial charge >= 0.3 is 0 Å². The first-order chi connectivity index (χ1) is 9.84. The number of aliphatic imine (C=N–C) groups is 1. The monoisotopic (exact) mass is 411 g/mol. The second-order valence-electron chi connectivity index (χ2n) is 5.81. The Morgan fingerprint density at radius 2 is 1.90 bits per heavy atom. The molecule has 2 fully saturated rings. The van der Waals surface area contributed by atoms with E-state index in [1.165, 1.54) is 38.5 Å². The Balaban J connectivity index is 0.00000220. The lowest BCUT2D eigenvalue weighted by atomic mass is 10.1. The largest absolute Gasteiger partial charge is 0.377 e. The summed E-state index contributed by atoms with van der Waals surface area (Å²) in [7, 11) is 0. The van der Waals surface area contributed by atoms with Gasteiger partial charge in [0, 0.05) is 12.6 Å². The Hall–Kier alpha value is -0.0800. The molecule has 0 aromatic rings. The maximum atomic E-state index is 5.92. The third-order valence-electron chi connectivity index (χ3n) is 4.05. The fourth-order valence-corrected chi connectivity index (χ4v) is 2.90. The van der Waals surface area contributed by atoms with Crippen LogP contribution in [-0.2, 0) is 9.47 Å². The molecule has 0 spiro atoms. The summed E-state index contributed by atoms with van der Waals surface area (Å²) in [6.45, 7) is 2.81. The molecule has 1 unspecified atom stereocenters. The Kier molecular flexibility index (Phi) is 10.4. The predicted molar refractivity (Wildman–Crippen MR) is 96.3 cm³/mol. The molecule has 5 nitrogen and oxygen atoms in total. The normalized spacial score (nSPS) is 24.4. The van der Waals surface area contributed by atoms with Gasteiger partial charge in [-0.3, -0.25) is 4.99 Å². The van der Waals surface area contributed by atoms with E-state index in [0.717, 1.165) is 19.4 Å². The molecular weight excluding hydrogens is 381 g/mol. The number of guanidine groups is 1. The van der Waals surface area contributed by atoms with Gasteiger partial charge in [0.15, 0.2) is 5.96 Å². The Bertz CT molecular complexity index is 289. The van der Waals surface area contributed by atoms with Crippen LogP contribution in [0.5, 0.6) is 0 Å². The van der Waals surface area contributed by atoms with Gasteiger partial charge in [-0.2, -0.15) is 0 Å². The zero-order valence-electron chi connectivity index (χ0n) is 12.9. The van der Waals surface area contributed by atoms with E-state index in [0.29, 0.717) is 37.9 Å². The molecule has 1 atom stereocenters. The third kappa shape index (κ3) is 8.21. The maximum absolute atomic E-state index is 5.92. The fourth-order valence-electron chi connectivity index (χ4n) is 2.90. The number of nitrogens with two attached hydrogens (primary N) is 1. The van der Waals surface area contributed by atoms with Crippen LogP contribution in [0.2, 0.25) is 0 Å². The van der Waals surface area contributed by atoms with Crippen molar-refractivity contribution in [1.29, 1.82) is 0 Å². The fraction of sp³-hybridized carbons (Fsp3) is 0.933. The van der Waals surface area contributed by atoms with Crippen molar-refractivity contribution in [3.8, 4) is 0 Å². The minimum atomic E-state index is 0. The lowest BCUT2D eigenvalue weighted by Gasteiger charge is -2.16. The van der Waals surface area contributed by atoms with Crippen LogP contribution in [0.25, 0.3) is 0 Å². The molecule has 0 amide bonds. The second kappa shape index (κ2) is 11.5. The molecule has 0 aromatic carbocycles. The molecule has 1 heterocycles. The van der Waals surface area contributed by atoms with Gasteiger partial charge in [-0.05, 0) is 25.7 Å². The molecule has 2 rings (SSSR count). The SMILES string of the molecule is I.NC(=NCCOCC1CCCO1)NC1CCCCCC1. The zero-order chi connectivity index (χ0) is 14.0. The second-order valence-corrected chi connectivity index (χ2v) is 5.81. The predicted octanol–water partition coefficient (Wildman–Crippen LogP) is 2.43. The summed E-state index contributed by atoms with van der Waals surface area (Å²) in [4.78, 5) is 4.33. The molecule has 0 bridgehead atoms. The summed E-state index contributed by atoms with van der Waals surface area (Å²) < 4.78 is 11.1. The maximum Gasteiger partial charge on any atom is 0.188 e. The molecule has 1 aliphatic heterocycles. The van der Waals surface area contributed by atoms with Crippen LogP contribution < -0.4 is 11.1 Å². The summed E-state index contributed by atoms with van der Waals surface area (Å²) in [5, 5.41) is 3.34. The van der Waals surface area contributed by atoms with Gasteiger partial charge in [-0.15, -0.1) is 24.0 Å².